The minimum absolute atomic E-state index is 0.279. The lowest BCUT2D eigenvalue weighted by Gasteiger charge is -2.18. The van der Waals surface area contributed by atoms with Gasteiger partial charge in [-0.15, -0.1) is 0 Å². The number of piperidine rings is 1. The molecule has 1 aliphatic heterocycles. The van der Waals surface area contributed by atoms with Crippen LogP contribution >= 0.6 is 0 Å². The first-order valence-corrected chi connectivity index (χ1v) is 6.30. The normalized spacial score (nSPS) is 18.7. The second-order valence-corrected chi connectivity index (χ2v) is 4.65. The third-order valence-electron chi connectivity index (χ3n) is 3.15. The Morgan fingerprint density at radius 1 is 1.33 bits per heavy atom. The highest BCUT2D eigenvalue weighted by Crippen LogP contribution is 2.13. The molecule has 1 aliphatic rings. The number of carboxylic acid groups (broad SMARTS) is 1. The number of benzene rings is 1. The number of rotatable bonds is 1. The summed E-state index contributed by atoms with van der Waals surface area (Å²) in [7, 11) is 0. The predicted octanol–water partition coefficient (Wildman–Crippen LogP) is 2.10. The smallest absolute Gasteiger partial charge is 0.320 e. The van der Waals surface area contributed by atoms with Crippen molar-refractivity contribution in [1.29, 1.82) is 0 Å². The standard InChI is InChI=1S/C8H11N.C6H11NO2/c1-6-4-3-5-7(2)8(6)9;8-6(9)5-3-1-2-4-7-5/h3-5H,9H2,1-2H3;5,7H,1-4H2,(H,8,9). The highest BCUT2D eigenvalue weighted by atomic mass is 16.4. The van der Waals surface area contributed by atoms with E-state index in [0.717, 1.165) is 42.6 Å². The number of nitrogens with two attached hydrogens (primary N) is 1. The van der Waals surface area contributed by atoms with Gasteiger partial charge in [-0.3, -0.25) is 4.79 Å². The van der Waals surface area contributed by atoms with Crippen LogP contribution in [-0.4, -0.2) is 23.7 Å². The number of hydrogen-bond acceptors (Lipinski definition) is 3. The Balaban J connectivity index is 0.000000180. The molecular formula is C14H22N2O2. The Kier molecular flexibility index (Phi) is 5.65. The SMILES string of the molecule is Cc1cccc(C)c1N.O=C(O)C1CCCCN1. The summed E-state index contributed by atoms with van der Waals surface area (Å²) in [5, 5.41) is 11.4. The molecule has 0 radical (unpaired) electrons. The quantitative estimate of drug-likeness (QED) is 0.667. The monoisotopic (exact) mass is 250 g/mol. The lowest BCUT2D eigenvalue weighted by molar-refractivity contribution is -0.140. The molecule has 1 aromatic rings. The molecule has 1 saturated heterocycles. The average Bonchev–Trinajstić information content (AvgIpc) is 2.38. The Morgan fingerprint density at radius 3 is 2.28 bits per heavy atom. The molecule has 4 nitrogen and oxygen atoms in total. The Morgan fingerprint density at radius 2 is 1.94 bits per heavy atom. The summed E-state index contributed by atoms with van der Waals surface area (Å²) in [6.07, 6.45) is 2.95. The first-order chi connectivity index (χ1) is 8.52. The summed E-state index contributed by atoms with van der Waals surface area (Å²) < 4.78 is 0. The van der Waals surface area contributed by atoms with Crippen LogP contribution in [0, 0.1) is 13.8 Å². The Hall–Kier alpha value is -1.55. The number of para-hydroxylation sites is 1. The number of nitrogens with one attached hydrogen (secondary N) is 1. The zero-order valence-corrected chi connectivity index (χ0v) is 11.1. The summed E-state index contributed by atoms with van der Waals surface area (Å²) in [6.45, 7) is 4.89. The van der Waals surface area contributed by atoms with Gasteiger partial charge in [0.2, 0.25) is 0 Å². The van der Waals surface area contributed by atoms with E-state index in [9.17, 15) is 4.79 Å². The van der Waals surface area contributed by atoms with Crippen molar-refractivity contribution in [2.75, 3.05) is 12.3 Å². The van der Waals surface area contributed by atoms with Crippen LogP contribution in [0.3, 0.4) is 0 Å². The summed E-state index contributed by atoms with van der Waals surface area (Å²) in [5.74, 6) is -0.713. The first-order valence-electron chi connectivity index (χ1n) is 6.30. The van der Waals surface area contributed by atoms with Crippen LogP contribution in [0.1, 0.15) is 30.4 Å². The molecule has 0 bridgehead atoms. The molecule has 1 heterocycles. The maximum atomic E-state index is 10.3. The second-order valence-electron chi connectivity index (χ2n) is 4.65. The number of carbonyl (C=O) groups is 1. The minimum Gasteiger partial charge on any atom is -0.480 e. The Labute approximate surface area is 108 Å². The van der Waals surface area contributed by atoms with Crippen LogP contribution in [0.4, 0.5) is 5.69 Å². The van der Waals surface area contributed by atoms with Gasteiger partial charge in [0.1, 0.15) is 6.04 Å². The maximum Gasteiger partial charge on any atom is 0.320 e. The average molecular weight is 250 g/mol. The molecule has 100 valence electrons. The minimum atomic E-state index is -0.713. The number of carboxylic acids is 1. The second kappa shape index (κ2) is 7.01. The number of aliphatic carboxylic acids is 1. The van der Waals surface area contributed by atoms with E-state index in [1.165, 1.54) is 0 Å². The van der Waals surface area contributed by atoms with Crippen LogP contribution in [0.25, 0.3) is 0 Å². The van der Waals surface area contributed by atoms with Crippen LogP contribution in [0.2, 0.25) is 0 Å². The molecule has 1 atom stereocenters. The van der Waals surface area contributed by atoms with E-state index < -0.39 is 5.97 Å². The lowest BCUT2D eigenvalue weighted by Crippen LogP contribution is -2.40. The summed E-state index contributed by atoms with van der Waals surface area (Å²) in [4.78, 5) is 10.3. The molecule has 1 fully saturated rings. The summed E-state index contributed by atoms with van der Waals surface area (Å²) >= 11 is 0. The van der Waals surface area contributed by atoms with Gasteiger partial charge in [-0.05, 0) is 44.4 Å². The van der Waals surface area contributed by atoms with Crippen molar-refractivity contribution in [2.24, 2.45) is 0 Å². The molecule has 1 unspecified atom stereocenters. The van der Waals surface area contributed by atoms with Gasteiger partial charge in [0.05, 0.1) is 0 Å². The predicted molar refractivity (Wildman–Crippen MR) is 73.6 cm³/mol. The number of anilines is 1. The van der Waals surface area contributed by atoms with E-state index in [1.54, 1.807) is 0 Å². The molecule has 4 heteroatoms. The van der Waals surface area contributed by atoms with Crippen LogP contribution in [0.5, 0.6) is 0 Å². The third kappa shape index (κ3) is 4.37. The summed E-state index contributed by atoms with van der Waals surface area (Å²) in [5.41, 5.74) is 8.92. The number of aryl methyl sites for hydroxylation is 2. The molecule has 4 N–H and O–H groups in total. The molecule has 0 amide bonds. The van der Waals surface area contributed by atoms with Crippen molar-refractivity contribution < 1.29 is 9.90 Å². The molecule has 0 saturated carbocycles. The number of nitrogen functional groups attached to an aromatic ring is 1. The van der Waals surface area contributed by atoms with E-state index in [0.29, 0.717) is 0 Å². The zero-order valence-electron chi connectivity index (χ0n) is 11.1. The highest BCUT2D eigenvalue weighted by Gasteiger charge is 2.18. The van der Waals surface area contributed by atoms with Crippen molar-refractivity contribution in [3.63, 3.8) is 0 Å². The molecule has 1 aromatic carbocycles. The van der Waals surface area contributed by atoms with Crippen LogP contribution < -0.4 is 11.1 Å². The molecule has 2 rings (SSSR count). The van der Waals surface area contributed by atoms with Gasteiger partial charge in [-0.25, -0.2) is 0 Å². The Bertz CT molecular complexity index is 379. The first kappa shape index (κ1) is 14.5. The van der Waals surface area contributed by atoms with E-state index in [4.69, 9.17) is 10.8 Å². The van der Waals surface area contributed by atoms with Gasteiger partial charge in [0.15, 0.2) is 0 Å². The van der Waals surface area contributed by atoms with Gasteiger partial charge < -0.3 is 16.2 Å². The van der Waals surface area contributed by atoms with Gasteiger partial charge in [-0.1, -0.05) is 24.6 Å². The third-order valence-corrected chi connectivity index (χ3v) is 3.15. The van der Waals surface area contributed by atoms with E-state index in [-0.39, 0.29) is 6.04 Å². The van der Waals surface area contributed by atoms with Gasteiger partial charge >= 0.3 is 5.97 Å². The zero-order chi connectivity index (χ0) is 13.5. The van der Waals surface area contributed by atoms with E-state index >= 15 is 0 Å². The van der Waals surface area contributed by atoms with Gasteiger partial charge in [-0.2, -0.15) is 0 Å². The van der Waals surface area contributed by atoms with Gasteiger partial charge in [0.25, 0.3) is 0 Å². The highest BCUT2D eigenvalue weighted by molar-refractivity contribution is 5.73. The molecule has 18 heavy (non-hydrogen) atoms. The van der Waals surface area contributed by atoms with E-state index in [2.05, 4.69) is 5.32 Å². The van der Waals surface area contributed by atoms with Crippen LogP contribution in [-0.2, 0) is 4.79 Å². The fourth-order valence-electron chi connectivity index (χ4n) is 1.89. The molecule has 0 aliphatic carbocycles. The summed E-state index contributed by atoms with van der Waals surface area (Å²) in [6, 6.07) is 5.77. The van der Waals surface area contributed by atoms with Crippen molar-refractivity contribution in [1.82, 2.24) is 5.32 Å². The van der Waals surface area contributed by atoms with Crippen molar-refractivity contribution in [3.05, 3.63) is 29.3 Å². The van der Waals surface area contributed by atoms with E-state index in [1.807, 2.05) is 32.0 Å². The van der Waals surface area contributed by atoms with Crippen molar-refractivity contribution in [2.45, 2.75) is 39.2 Å². The topological polar surface area (TPSA) is 75.4 Å². The number of hydrogen-bond donors (Lipinski definition) is 3. The molecule has 0 aromatic heterocycles. The fraction of sp³-hybridized carbons (Fsp3) is 0.500. The maximum absolute atomic E-state index is 10.3. The largest absolute Gasteiger partial charge is 0.480 e. The van der Waals surface area contributed by atoms with Gasteiger partial charge in [0, 0.05) is 5.69 Å². The van der Waals surface area contributed by atoms with Crippen LogP contribution in [0.15, 0.2) is 18.2 Å². The lowest BCUT2D eigenvalue weighted by atomic mass is 10.1. The molecular weight excluding hydrogens is 228 g/mol. The molecule has 0 spiro atoms. The van der Waals surface area contributed by atoms with Crippen molar-refractivity contribution in [3.8, 4) is 0 Å². The fourth-order valence-corrected chi connectivity index (χ4v) is 1.89. The van der Waals surface area contributed by atoms with Crippen molar-refractivity contribution >= 4 is 11.7 Å².